The summed E-state index contributed by atoms with van der Waals surface area (Å²) < 4.78 is 5.48. The normalized spacial score (nSPS) is 12.8. The number of carbonyl (C=O) groups excluding carboxylic acids is 2. The summed E-state index contributed by atoms with van der Waals surface area (Å²) in [6.07, 6.45) is 106. The second kappa shape index (κ2) is 79.0. The molecular formula is C84H157NO5. The van der Waals surface area contributed by atoms with Crippen LogP contribution >= 0.6 is 0 Å². The van der Waals surface area contributed by atoms with Crippen molar-refractivity contribution in [2.45, 2.75) is 450 Å². The molecule has 3 N–H and O–H groups in total. The van der Waals surface area contributed by atoms with E-state index >= 15 is 0 Å². The van der Waals surface area contributed by atoms with Crippen molar-refractivity contribution in [2.24, 2.45) is 0 Å². The summed E-state index contributed by atoms with van der Waals surface area (Å²) in [5, 5.41) is 23.3. The highest BCUT2D eigenvalue weighted by Gasteiger charge is 2.18. The van der Waals surface area contributed by atoms with Crippen LogP contribution in [0, 0.1) is 0 Å². The molecule has 0 radical (unpaired) electrons. The highest BCUT2D eigenvalue weighted by atomic mass is 16.5. The molecule has 0 fully saturated rings. The molecule has 0 aliphatic heterocycles. The molecule has 6 nitrogen and oxygen atoms in total. The van der Waals surface area contributed by atoms with E-state index in [1.54, 1.807) is 6.08 Å². The maximum Gasteiger partial charge on any atom is 0.305 e. The minimum atomic E-state index is -0.845. The van der Waals surface area contributed by atoms with Crippen molar-refractivity contribution >= 4 is 11.9 Å². The average molecular weight is 1260 g/mol. The number of unbranched alkanes of at least 4 members (excludes halogenated alkanes) is 57. The minimum absolute atomic E-state index is 0.00206. The lowest BCUT2D eigenvalue weighted by molar-refractivity contribution is -0.143. The van der Waals surface area contributed by atoms with Gasteiger partial charge in [-0.3, -0.25) is 9.59 Å². The molecule has 0 bridgehead atoms. The Balaban J connectivity index is 3.40. The summed E-state index contributed by atoms with van der Waals surface area (Å²) >= 11 is 0. The topological polar surface area (TPSA) is 95.9 Å². The first-order chi connectivity index (χ1) is 44.5. The molecule has 0 rings (SSSR count). The van der Waals surface area contributed by atoms with Crippen molar-refractivity contribution in [2.75, 3.05) is 13.2 Å². The number of allylic oxidation sites excluding steroid dienone is 9. The Bertz CT molecular complexity index is 1550. The fourth-order valence-corrected chi connectivity index (χ4v) is 12.6. The molecule has 0 aromatic heterocycles. The molecule has 2 unspecified atom stereocenters. The van der Waals surface area contributed by atoms with Crippen molar-refractivity contribution in [3.8, 4) is 0 Å². The van der Waals surface area contributed by atoms with Crippen LogP contribution in [0.3, 0.4) is 0 Å². The molecule has 0 heterocycles. The van der Waals surface area contributed by atoms with E-state index in [-0.39, 0.29) is 18.5 Å². The van der Waals surface area contributed by atoms with E-state index in [0.29, 0.717) is 19.4 Å². The number of rotatable bonds is 76. The van der Waals surface area contributed by atoms with Crippen LogP contribution in [0.15, 0.2) is 60.8 Å². The zero-order chi connectivity index (χ0) is 64.9. The smallest absolute Gasteiger partial charge is 0.305 e. The maximum absolute atomic E-state index is 12.6. The third kappa shape index (κ3) is 74.6. The molecule has 0 aliphatic rings. The number of amides is 1. The monoisotopic (exact) mass is 1260 g/mol. The van der Waals surface area contributed by atoms with Crippen LogP contribution in [0.25, 0.3) is 0 Å². The lowest BCUT2D eigenvalue weighted by atomic mass is 10.0. The van der Waals surface area contributed by atoms with Crippen molar-refractivity contribution < 1.29 is 24.5 Å². The van der Waals surface area contributed by atoms with E-state index < -0.39 is 12.1 Å². The Kier molecular flexibility index (Phi) is 76.9. The number of ether oxygens (including phenoxy) is 1. The van der Waals surface area contributed by atoms with Gasteiger partial charge in [-0.25, -0.2) is 0 Å². The van der Waals surface area contributed by atoms with E-state index in [4.69, 9.17) is 4.74 Å². The van der Waals surface area contributed by atoms with Gasteiger partial charge in [-0.1, -0.05) is 396 Å². The van der Waals surface area contributed by atoms with Crippen LogP contribution in [0.1, 0.15) is 438 Å². The third-order valence-electron chi connectivity index (χ3n) is 18.8. The summed E-state index contributed by atoms with van der Waals surface area (Å²) in [5.41, 5.74) is 0. The third-order valence-corrected chi connectivity index (χ3v) is 18.8. The van der Waals surface area contributed by atoms with E-state index in [0.717, 1.165) is 57.8 Å². The Morgan fingerprint density at radius 1 is 0.311 bits per heavy atom. The van der Waals surface area contributed by atoms with Gasteiger partial charge in [0.15, 0.2) is 0 Å². The first-order valence-corrected chi connectivity index (χ1v) is 40.6. The zero-order valence-electron chi connectivity index (χ0n) is 60.6. The fourth-order valence-electron chi connectivity index (χ4n) is 12.6. The Hall–Kier alpha value is -2.44. The molecule has 0 spiro atoms. The highest BCUT2D eigenvalue weighted by molar-refractivity contribution is 5.76. The first-order valence-electron chi connectivity index (χ1n) is 40.6. The molecule has 1 amide bonds. The van der Waals surface area contributed by atoms with Crippen LogP contribution in [0.4, 0.5) is 0 Å². The second-order valence-electron chi connectivity index (χ2n) is 27.7. The number of aliphatic hydroxyl groups is 2. The van der Waals surface area contributed by atoms with Gasteiger partial charge < -0.3 is 20.3 Å². The number of hydrogen-bond acceptors (Lipinski definition) is 5. The lowest BCUT2D eigenvalue weighted by Gasteiger charge is -2.20. The molecule has 6 heteroatoms. The summed E-state index contributed by atoms with van der Waals surface area (Å²) in [6, 6.07) is -0.629. The molecule has 528 valence electrons. The lowest BCUT2D eigenvalue weighted by Crippen LogP contribution is -2.45. The van der Waals surface area contributed by atoms with E-state index in [2.05, 4.69) is 67.8 Å². The molecule has 0 aliphatic carbocycles. The van der Waals surface area contributed by atoms with Crippen LogP contribution in [0.5, 0.6) is 0 Å². The Labute approximate surface area is 562 Å². The fraction of sp³-hybridized carbons (Fsp3) is 0.857. The van der Waals surface area contributed by atoms with E-state index in [1.165, 1.54) is 353 Å². The number of aliphatic hydroxyl groups excluding tert-OH is 2. The predicted molar refractivity (Wildman–Crippen MR) is 398 cm³/mol. The largest absolute Gasteiger partial charge is 0.466 e. The van der Waals surface area contributed by atoms with E-state index in [9.17, 15) is 19.8 Å². The molecule has 0 aromatic rings. The van der Waals surface area contributed by atoms with Gasteiger partial charge in [-0.15, -0.1) is 0 Å². The molecule has 0 saturated carbocycles. The summed E-state index contributed by atoms with van der Waals surface area (Å²) in [4.78, 5) is 24.6. The first kappa shape index (κ1) is 87.6. The quantitative estimate of drug-likeness (QED) is 0.0320. The van der Waals surface area contributed by atoms with Gasteiger partial charge in [-0.2, -0.15) is 0 Å². The van der Waals surface area contributed by atoms with Gasteiger partial charge in [0.2, 0.25) is 5.91 Å². The highest BCUT2D eigenvalue weighted by Crippen LogP contribution is 2.19. The number of carbonyl (C=O) groups is 2. The maximum atomic E-state index is 12.6. The van der Waals surface area contributed by atoms with Gasteiger partial charge >= 0.3 is 5.97 Å². The number of hydrogen-bond donors (Lipinski definition) is 3. The predicted octanol–water partition coefficient (Wildman–Crippen LogP) is 26.9. The zero-order valence-corrected chi connectivity index (χ0v) is 60.6. The standard InChI is InChI=1S/C84H157NO5/c1-3-5-7-9-11-13-15-17-19-20-21-22-23-37-40-43-46-49-52-56-60-64-68-72-76-82(87)81(80-86)85-83(88)77-73-69-65-61-57-53-50-47-44-41-38-35-33-31-29-27-25-24-26-28-30-32-34-36-39-42-45-48-51-55-59-63-67-71-75-79-90-84(89)78-74-70-66-62-58-54-18-16-14-12-10-8-6-4-2/h10,12,16,18,26,28,32,34,72,76,81-82,86-87H,3-9,11,13-15,17,19-25,27,29-31,33,35-71,73-75,77-80H2,1-2H3,(H,85,88)/b12-10-,18-16-,28-26-,34-32-,76-72+. The Morgan fingerprint density at radius 2 is 0.567 bits per heavy atom. The van der Waals surface area contributed by atoms with Crippen LogP contribution in [-0.4, -0.2) is 47.4 Å². The van der Waals surface area contributed by atoms with Crippen LogP contribution < -0.4 is 5.32 Å². The van der Waals surface area contributed by atoms with Crippen molar-refractivity contribution in [1.82, 2.24) is 5.32 Å². The van der Waals surface area contributed by atoms with Crippen molar-refractivity contribution in [1.29, 1.82) is 0 Å². The van der Waals surface area contributed by atoms with Crippen LogP contribution in [-0.2, 0) is 14.3 Å². The summed E-state index contributed by atoms with van der Waals surface area (Å²) in [6.45, 7) is 4.90. The van der Waals surface area contributed by atoms with Gasteiger partial charge in [0, 0.05) is 12.8 Å². The minimum Gasteiger partial charge on any atom is -0.466 e. The van der Waals surface area contributed by atoms with Gasteiger partial charge in [-0.05, 0) is 89.9 Å². The molecular weight excluding hydrogens is 1100 g/mol. The van der Waals surface area contributed by atoms with Gasteiger partial charge in [0.05, 0.1) is 25.4 Å². The van der Waals surface area contributed by atoms with Crippen molar-refractivity contribution in [3.63, 3.8) is 0 Å². The van der Waals surface area contributed by atoms with Gasteiger partial charge in [0.1, 0.15) is 0 Å². The molecule has 90 heavy (non-hydrogen) atoms. The summed E-state index contributed by atoms with van der Waals surface area (Å²) in [5.74, 6) is -0.0592. The number of esters is 1. The molecule has 2 atom stereocenters. The van der Waals surface area contributed by atoms with Gasteiger partial charge in [0.25, 0.3) is 0 Å². The SMILES string of the molecule is CCCC/C=C\C/C=C\CCCCCCCC(=O)OCCCCCCCCCCCCC/C=C\C/C=C\CCCCCCCCCCCCCCCCCCCC(=O)NC(CO)C(O)/C=C/CCCCCCCCCCCCCCCCCCCCCCCC. The Morgan fingerprint density at radius 3 is 0.878 bits per heavy atom. The van der Waals surface area contributed by atoms with E-state index in [1.807, 2.05) is 6.08 Å². The summed E-state index contributed by atoms with van der Waals surface area (Å²) in [7, 11) is 0. The molecule has 0 saturated heterocycles. The average Bonchev–Trinajstić information content (AvgIpc) is 3.60. The van der Waals surface area contributed by atoms with Crippen LogP contribution in [0.2, 0.25) is 0 Å². The second-order valence-corrected chi connectivity index (χ2v) is 27.7. The van der Waals surface area contributed by atoms with Crippen molar-refractivity contribution in [3.05, 3.63) is 60.8 Å². The molecule has 0 aromatic carbocycles. The number of nitrogens with one attached hydrogen (secondary N) is 1.